The molecule has 1 heterocycles. The number of nitriles is 1. The highest BCUT2D eigenvalue weighted by Crippen LogP contribution is 2.33. The number of benzene rings is 1. The molecule has 1 atom stereocenters. The molecule has 1 saturated heterocycles. The lowest BCUT2D eigenvalue weighted by Gasteiger charge is -2.36. The number of nitrogens with zero attached hydrogens (tertiary/aromatic N) is 3. The zero-order valence-corrected chi connectivity index (χ0v) is 18.1. The third kappa shape index (κ3) is 5.80. The maximum atomic E-state index is 12.7. The maximum Gasteiger partial charge on any atom is 0.404 e. The van der Waals surface area contributed by atoms with E-state index in [-0.39, 0.29) is 19.1 Å². The minimum Gasteiger partial charge on any atom is -0.367 e. The van der Waals surface area contributed by atoms with Crippen LogP contribution in [0, 0.1) is 17.2 Å². The summed E-state index contributed by atoms with van der Waals surface area (Å²) in [7, 11) is -4.41. The average Bonchev–Trinajstić information content (AvgIpc) is 3.16. The Morgan fingerprint density at radius 3 is 2.50 bits per heavy atom. The largest absolute Gasteiger partial charge is 0.404 e. The summed E-state index contributed by atoms with van der Waals surface area (Å²) in [5, 5.41) is 9.43. The van der Waals surface area contributed by atoms with Crippen molar-refractivity contribution in [3.63, 3.8) is 0 Å². The number of hydrogen-bond acceptors (Lipinski definition) is 4. The molecule has 1 aliphatic carbocycles. The van der Waals surface area contributed by atoms with Gasteiger partial charge < -0.3 is 4.90 Å². The first-order chi connectivity index (χ1) is 14.1. The molecule has 10 heteroatoms. The Labute approximate surface area is 180 Å². The molecule has 1 aliphatic heterocycles. The van der Waals surface area contributed by atoms with E-state index >= 15 is 0 Å². The molecule has 0 amide bonds. The number of alkyl halides is 3. The standard InChI is InChI=1S/C20H25ClF3N3O2S/c21-19-10-17(7-6-16(19)11-25)27(12-15-4-2-1-3-5-15)18-8-9-26(13-18)30(28,29)14-20(22,23)24/h6-7,10,15,18H,1-5,8-9,12-14H2/t18-/m0/s1. The second kappa shape index (κ2) is 9.33. The third-order valence-corrected chi connectivity index (χ3v) is 8.01. The van der Waals surface area contributed by atoms with Gasteiger partial charge in [-0.2, -0.15) is 22.7 Å². The molecule has 0 spiro atoms. The molecule has 1 aromatic rings. The van der Waals surface area contributed by atoms with Gasteiger partial charge in [-0.1, -0.05) is 30.9 Å². The van der Waals surface area contributed by atoms with Gasteiger partial charge in [-0.3, -0.25) is 0 Å². The van der Waals surface area contributed by atoms with Gasteiger partial charge in [-0.15, -0.1) is 0 Å². The minimum atomic E-state index is -4.76. The van der Waals surface area contributed by atoms with Gasteiger partial charge >= 0.3 is 6.18 Å². The van der Waals surface area contributed by atoms with Crippen LogP contribution in [0.1, 0.15) is 44.1 Å². The summed E-state index contributed by atoms with van der Waals surface area (Å²) in [6, 6.07) is 6.87. The molecule has 3 rings (SSSR count). The number of anilines is 1. The van der Waals surface area contributed by atoms with Crippen molar-refractivity contribution in [1.29, 1.82) is 5.26 Å². The summed E-state index contributed by atoms with van der Waals surface area (Å²) in [6.45, 7) is 0.775. The Morgan fingerprint density at radius 2 is 1.90 bits per heavy atom. The van der Waals surface area contributed by atoms with E-state index < -0.39 is 22.0 Å². The molecule has 0 radical (unpaired) electrons. The molecule has 0 N–H and O–H groups in total. The Bertz CT molecular complexity index is 896. The number of rotatable bonds is 6. The van der Waals surface area contributed by atoms with Crippen LogP contribution in [0.2, 0.25) is 5.02 Å². The zero-order chi connectivity index (χ0) is 21.9. The lowest BCUT2D eigenvalue weighted by atomic mass is 9.88. The second-order valence-corrected chi connectivity index (χ2v) is 10.5. The fourth-order valence-corrected chi connectivity index (χ4v) is 6.00. The fourth-order valence-electron chi connectivity index (χ4n) is 4.40. The highest BCUT2D eigenvalue weighted by atomic mass is 35.5. The summed E-state index contributed by atoms with van der Waals surface area (Å²) in [4.78, 5) is 2.08. The summed E-state index contributed by atoms with van der Waals surface area (Å²) in [6.07, 6.45) is 1.31. The SMILES string of the molecule is N#Cc1ccc(N(CC2CCCCC2)[C@H]2CCN(S(=O)(=O)CC(F)(F)F)C2)cc1Cl. The van der Waals surface area contributed by atoms with Crippen LogP contribution in [0.5, 0.6) is 0 Å². The molecule has 2 fully saturated rings. The highest BCUT2D eigenvalue weighted by Gasteiger charge is 2.42. The van der Waals surface area contributed by atoms with E-state index in [9.17, 15) is 21.6 Å². The van der Waals surface area contributed by atoms with Crippen LogP contribution in [0.25, 0.3) is 0 Å². The van der Waals surface area contributed by atoms with Crippen LogP contribution >= 0.6 is 11.6 Å². The molecule has 166 valence electrons. The molecule has 2 aliphatic rings. The van der Waals surface area contributed by atoms with Gasteiger partial charge in [-0.25, -0.2) is 8.42 Å². The lowest BCUT2D eigenvalue weighted by molar-refractivity contribution is -0.107. The van der Waals surface area contributed by atoms with Crippen LogP contribution in [0.4, 0.5) is 18.9 Å². The molecular formula is C20H25ClF3N3O2S. The zero-order valence-electron chi connectivity index (χ0n) is 16.5. The molecular weight excluding hydrogens is 439 g/mol. The quantitative estimate of drug-likeness (QED) is 0.620. The monoisotopic (exact) mass is 463 g/mol. The van der Waals surface area contributed by atoms with Crippen molar-refractivity contribution in [2.24, 2.45) is 5.92 Å². The van der Waals surface area contributed by atoms with Gasteiger partial charge in [0, 0.05) is 31.4 Å². The Kier molecular flexibility index (Phi) is 7.20. The van der Waals surface area contributed by atoms with Crippen molar-refractivity contribution < 1.29 is 21.6 Å². The second-order valence-electron chi connectivity index (χ2n) is 8.10. The molecule has 5 nitrogen and oxygen atoms in total. The maximum absolute atomic E-state index is 12.7. The molecule has 1 aromatic carbocycles. The normalized spacial score (nSPS) is 21.5. The van der Waals surface area contributed by atoms with Gasteiger partial charge in [0.15, 0.2) is 5.75 Å². The van der Waals surface area contributed by atoms with E-state index in [0.717, 1.165) is 35.7 Å². The van der Waals surface area contributed by atoms with Crippen LogP contribution in [0.3, 0.4) is 0 Å². The lowest BCUT2D eigenvalue weighted by Crippen LogP contribution is -2.43. The van der Waals surface area contributed by atoms with Gasteiger partial charge in [0.1, 0.15) is 6.07 Å². The number of halogens is 4. The van der Waals surface area contributed by atoms with E-state index in [4.69, 9.17) is 16.9 Å². The predicted molar refractivity (Wildman–Crippen MR) is 110 cm³/mol. The summed E-state index contributed by atoms with van der Waals surface area (Å²) < 4.78 is 63.4. The molecule has 0 bridgehead atoms. The van der Waals surface area contributed by atoms with Crippen molar-refractivity contribution >= 4 is 27.3 Å². The van der Waals surface area contributed by atoms with Gasteiger partial charge in [0.05, 0.1) is 10.6 Å². The first-order valence-corrected chi connectivity index (χ1v) is 12.1. The van der Waals surface area contributed by atoms with Crippen molar-refractivity contribution in [2.75, 3.05) is 30.3 Å². The predicted octanol–water partition coefficient (Wildman–Crippen LogP) is 4.56. The van der Waals surface area contributed by atoms with Gasteiger partial charge in [-0.05, 0) is 43.4 Å². The Morgan fingerprint density at radius 1 is 1.20 bits per heavy atom. The van der Waals surface area contributed by atoms with Crippen molar-refractivity contribution in [3.8, 4) is 6.07 Å². The van der Waals surface area contributed by atoms with Gasteiger partial charge in [0.2, 0.25) is 10.0 Å². The number of sulfonamides is 1. The van der Waals surface area contributed by atoms with Crippen LogP contribution in [-0.2, 0) is 10.0 Å². The minimum absolute atomic E-state index is 0.0166. The Balaban J connectivity index is 1.82. The van der Waals surface area contributed by atoms with Crippen LogP contribution in [-0.4, -0.2) is 50.3 Å². The number of hydrogen-bond donors (Lipinski definition) is 0. The topological polar surface area (TPSA) is 64.4 Å². The van der Waals surface area contributed by atoms with Crippen LogP contribution in [0.15, 0.2) is 18.2 Å². The smallest absolute Gasteiger partial charge is 0.367 e. The summed E-state index contributed by atoms with van der Waals surface area (Å²) in [5.41, 5.74) is 1.11. The first kappa shape index (κ1) is 23.2. The molecule has 1 saturated carbocycles. The fraction of sp³-hybridized carbons (Fsp3) is 0.650. The average molecular weight is 464 g/mol. The van der Waals surface area contributed by atoms with E-state index in [2.05, 4.69) is 4.90 Å². The van der Waals surface area contributed by atoms with Crippen molar-refractivity contribution in [3.05, 3.63) is 28.8 Å². The van der Waals surface area contributed by atoms with Crippen LogP contribution < -0.4 is 4.90 Å². The molecule has 0 aromatic heterocycles. The summed E-state index contributed by atoms with van der Waals surface area (Å²) in [5.74, 6) is -1.40. The van der Waals surface area contributed by atoms with Gasteiger partial charge in [0.25, 0.3) is 0 Å². The highest BCUT2D eigenvalue weighted by molar-refractivity contribution is 7.89. The van der Waals surface area contributed by atoms with Crippen molar-refractivity contribution in [1.82, 2.24) is 4.31 Å². The van der Waals surface area contributed by atoms with Crippen molar-refractivity contribution in [2.45, 2.75) is 50.7 Å². The first-order valence-electron chi connectivity index (χ1n) is 10.1. The van der Waals surface area contributed by atoms with E-state index in [0.29, 0.717) is 29.5 Å². The van der Waals surface area contributed by atoms with E-state index in [1.54, 1.807) is 18.2 Å². The van der Waals surface area contributed by atoms with E-state index in [1.807, 2.05) is 6.07 Å². The molecule has 30 heavy (non-hydrogen) atoms. The summed E-state index contributed by atoms with van der Waals surface area (Å²) >= 11 is 6.22. The Hall–Kier alpha value is -1.50. The van der Waals surface area contributed by atoms with E-state index in [1.165, 1.54) is 6.42 Å². The third-order valence-electron chi connectivity index (χ3n) is 5.89. The molecule has 0 unspecified atom stereocenters.